The van der Waals surface area contributed by atoms with Crippen molar-refractivity contribution in [2.75, 3.05) is 5.32 Å². The summed E-state index contributed by atoms with van der Waals surface area (Å²) in [5.41, 5.74) is 0.348. The summed E-state index contributed by atoms with van der Waals surface area (Å²) in [5, 5.41) is 6.74. The van der Waals surface area contributed by atoms with Gasteiger partial charge in [-0.2, -0.15) is 5.10 Å². The molecular weight excluding hydrogens is 359 g/mol. The van der Waals surface area contributed by atoms with Crippen molar-refractivity contribution in [3.8, 4) is 17.0 Å². The van der Waals surface area contributed by atoms with E-state index in [-0.39, 0.29) is 17.0 Å². The molecule has 0 saturated heterocycles. The third kappa shape index (κ3) is 4.28. The van der Waals surface area contributed by atoms with E-state index < -0.39 is 29.5 Å². The first-order valence-corrected chi connectivity index (χ1v) is 8.06. The minimum Gasteiger partial charge on any atom is -0.481 e. The highest BCUT2D eigenvalue weighted by molar-refractivity contribution is 5.93. The Morgan fingerprint density at radius 2 is 1.85 bits per heavy atom. The number of carbonyl (C=O) groups excluding carboxylic acids is 1. The molecule has 0 saturated carbocycles. The van der Waals surface area contributed by atoms with Crippen molar-refractivity contribution in [1.82, 2.24) is 9.78 Å². The van der Waals surface area contributed by atoms with Crippen LogP contribution in [0.3, 0.4) is 0 Å². The van der Waals surface area contributed by atoms with E-state index >= 15 is 0 Å². The summed E-state index contributed by atoms with van der Waals surface area (Å²) in [7, 11) is 1.57. The summed E-state index contributed by atoms with van der Waals surface area (Å²) in [4.78, 5) is 12.3. The Labute approximate surface area is 153 Å². The third-order valence-electron chi connectivity index (χ3n) is 3.82. The average Bonchev–Trinajstić information content (AvgIpc) is 2.95. The van der Waals surface area contributed by atoms with Crippen LogP contribution in [0.5, 0.6) is 5.75 Å². The molecule has 0 spiro atoms. The number of hydrogen-bond donors (Lipinski definition) is 1. The molecule has 0 fully saturated rings. The molecule has 3 rings (SSSR count). The second-order valence-corrected chi connectivity index (χ2v) is 5.87. The molecule has 0 aliphatic carbocycles. The first kappa shape index (κ1) is 18.5. The first-order chi connectivity index (χ1) is 12.8. The molecule has 0 radical (unpaired) electrons. The van der Waals surface area contributed by atoms with E-state index in [9.17, 15) is 18.0 Å². The summed E-state index contributed by atoms with van der Waals surface area (Å²) in [6.07, 6.45) is -0.910. The first-order valence-electron chi connectivity index (χ1n) is 8.06. The van der Waals surface area contributed by atoms with Crippen LogP contribution in [-0.2, 0) is 11.8 Å². The number of rotatable bonds is 5. The van der Waals surface area contributed by atoms with Crippen LogP contribution in [0.2, 0.25) is 0 Å². The van der Waals surface area contributed by atoms with E-state index in [1.165, 1.54) is 48.0 Å². The molecule has 0 aliphatic heterocycles. The van der Waals surface area contributed by atoms with Gasteiger partial charge in [-0.05, 0) is 31.2 Å². The molecule has 5 nitrogen and oxygen atoms in total. The highest BCUT2D eigenvalue weighted by Gasteiger charge is 2.18. The second kappa shape index (κ2) is 7.53. The smallest absolute Gasteiger partial charge is 0.266 e. The van der Waals surface area contributed by atoms with Gasteiger partial charge in [0.25, 0.3) is 5.91 Å². The van der Waals surface area contributed by atoms with Gasteiger partial charge in [0.1, 0.15) is 29.0 Å². The van der Waals surface area contributed by atoms with E-state index in [1.54, 1.807) is 7.05 Å². The van der Waals surface area contributed by atoms with Crippen molar-refractivity contribution >= 4 is 11.7 Å². The molecule has 1 aromatic heterocycles. The molecule has 0 bridgehead atoms. The third-order valence-corrected chi connectivity index (χ3v) is 3.82. The van der Waals surface area contributed by atoms with Crippen LogP contribution in [0.15, 0.2) is 48.5 Å². The summed E-state index contributed by atoms with van der Waals surface area (Å²) in [6.45, 7) is 1.51. The quantitative estimate of drug-likeness (QED) is 0.736. The van der Waals surface area contributed by atoms with E-state index in [2.05, 4.69) is 10.4 Å². The number of ether oxygens (including phenoxy) is 1. The van der Waals surface area contributed by atoms with Crippen LogP contribution in [0.4, 0.5) is 19.0 Å². The van der Waals surface area contributed by atoms with Crippen molar-refractivity contribution in [2.24, 2.45) is 7.05 Å². The molecule has 3 aromatic rings. The van der Waals surface area contributed by atoms with Gasteiger partial charge < -0.3 is 10.1 Å². The van der Waals surface area contributed by atoms with Gasteiger partial charge >= 0.3 is 0 Å². The van der Waals surface area contributed by atoms with Gasteiger partial charge in [-0.25, -0.2) is 13.2 Å². The number of aryl methyl sites for hydroxylation is 1. The monoisotopic (exact) mass is 375 g/mol. The zero-order valence-electron chi connectivity index (χ0n) is 14.5. The topological polar surface area (TPSA) is 56.1 Å². The number of nitrogens with one attached hydrogen (secondary N) is 1. The van der Waals surface area contributed by atoms with Gasteiger partial charge in [0.05, 0.1) is 5.69 Å². The number of anilines is 1. The Morgan fingerprint density at radius 1 is 1.11 bits per heavy atom. The molecule has 1 N–H and O–H groups in total. The summed E-state index contributed by atoms with van der Waals surface area (Å²) in [6, 6.07) is 10.1. The number of benzene rings is 2. The highest BCUT2D eigenvalue weighted by Crippen LogP contribution is 2.25. The van der Waals surface area contributed by atoms with Gasteiger partial charge in [0, 0.05) is 30.8 Å². The normalized spacial score (nSPS) is 11.9. The van der Waals surface area contributed by atoms with Crippen molar-refractivity contribution in [3.63, 3.8) is 0 Å². The van der Waals surface area contributed by atoms with Gasteiger partial charge in [-0.3, -0.25) is 9.48 Å². The predicted octanol–water partition coefficient (Wildman–Crippen LogP) is 3.91. The van der Waals surface area contributed by atoms with Gasteiger partial charge in [-0.1, -0.05) is 6.07 Å². The number of aromatic nitrogens is 2. The molecule has 1 atom stereocenters. The average molecular weight is 375 g/mol. The van der Waals surface area contributed by atoms with Gasteiger partial charge in [0.2, 0.25) is 0 Å². The summed E-state index contributed by atoms with van der Waals surface area (Å²) >= 11 is 0. The zero-order valence-corrected chi connectivity index (χ0v) is 14.5. The van der Waals surface area contributed by atoms with Crippen molar-refractivity contribution in [1.29, 1.82) is 0 Å². The summed E-state index contributed by atoms with van der Waals surface area (Å²) < 4.78 is 46.9. The molecule has 1 heterocycles. The van der Waals surface area contributed by atoms with E-state index in [4.69, 9.17) is 4.74 Å². The fraction of sp³-hybridized carbons (Fsp3) is 0.158. The van der Waals surface area contributed by atoms with Gasteiger partial charge in [-0.15, -0.1) is 0 Å². The Hall–Kier alpha value is -3.29. The van der Waals surface area contributed by atoms with E-state index in [0.29, 0.717) is 5.82 Å². The maximum absolute atomic E-state index is 13.9. The van der Waals surface area contributed by atoms with Crippen LogP contribution >= 0.6 is 0 Å². The number of nitrogens with zero attached hydrogens (tertiary/aromatic N) is 2. The van der Waals surface area contributed by atoms with E-state index in [1.807, 2.05) is 0 Å². The zero-order chi connectivity index (χ0) is 19.6. The van der Waals surface area contributed by atoms with Crippen LogP contribution in [0.1, 0.15) is 6.92 Å². The van der Waals surface area contributed by atoms with Gasteiger partial charge in [0.15, 0.2) is 6.10 Å². The largest absolute Gasteiger partial charge is 0.481 e. The molecule has 8 heteroatoms. The minimum atomic E-state index is -0.910. The molecule has 0 aliphatic rings. The number of carbonyl (C=O) groups is 1. The molecule has 2 aromatic carbocycles. The molecule has 1 amide bonds. The maximum atomic E-state index is 13.9. The maximum Gasteiger partial charge on any atom is 0.266 e. The number of halogens is 3. The van der Waals surface area contributed by atoms with Crippen LogP contribution in [0.25, 0.3) is 11.3 Å². The van der Waals surface area contributed by atoms with Crippen LogP contribution < -0.4 is 10.1 Å². The lowest BCUT2D eigenvalue weighted by molar-refractivity contribution is -0.122. The lowest BCUT2D eigenvalue weighted by Gasteiger charge is -2.14. The molecule has 140 valence electrons. The molecule has 27 heavy (non-hydrogen) atoms. The molecule has 1 unspecified atom stereocenters. The molecular formula is C19H16F3N3O2. The lowest BCUT2D eigenvalue weighted by Crippen LogP contribution is -2.30. The Balaban J connectivity index is 1.73. The predicted molar refractivity (Wildman–Crippen MR) is 93.7 cm³/mol. The van der Waals surface area contributed by atoms with Crippen LogP contribution in [-0.4, -0.2) is 21.8 Å². The van der Waals surface area contributed by atoms with Crippen molar-refractivity contribution in [3.05, 3.63) is 66.0 Å². The highest BCUT2D eigenvalue weighted by atomic mass is 19.1. The fourth-order valence-electron chi connectivity index (χ4n) is 2.44. The second-order valence-electron chi connectivity index (χ2n) is 5.87. The lowest BCUT2D eigenvalue weighted by atomic mass is 10.1. The number of hydrogen-bond acceptors (Lipinski definition) is 3. The Bertz CT molecular complexity index is 988. The Kier molecular flexibility index (Phi) is 5.16. The SMILES string of the molecule is CC(Oc1cccc(F)c1)C(=O)Nc1cc(-c2ccc(F)cc2F)nn1C. The van der Waals surface area contributed by atoms with E-state index in [0.717, 1.165) is 12.1 Å². The number of amides is 1. The van der Waals surface area contributed by atoms with Crippen LogP contribution in [0, 0.1) is 17.5 Å². The Morgan fingerprint density at radius 3 is 2.56 bits per heavy atom. The minimum absolute atomic E-state index is 0.108. The standard InChI is InChI=1S/C19H16F3N3O2/c1-11(27-14-5-3-4-12(20)8-14)19(26)23-18-10-17(24-25(18)2)15-7-6-13(21)9-16(15)22/h3-11H,1-2H3,(H,23,26). The summed E-state index contributed by atoms with van der Waals surface area (Å²) in [5.74, 6) is -1.89. The van der Waals surface area contributed by atoms with Crippen molar-refractivity contribution < 1.29 is 22.7 Å². The fourth-order valence-corrected chi connectivity index (χ4v) is 2.44. The van der Waals surface area contributed by atoms with Crippen molar-refractivity contribution in [2.45, 2.75) is 13.0 Å².